The molecule has 0 N–H and O–H groups in total. The smallest absolute Gasteiger partial charge is 0.410 e. The van der Waals surface area contributed by atoms with Crippen molar-refractivity contribution in [3.8, 4) is 0 Å². The van der Waals surface area contributed by atoms with Crippen molar-refractivity contribution >= 4 is 18.0 Å². The largest absolute Gasteiger partial charge is 0.464 e. The standard InChI is InChI=1S/C27H39NO6/c1-5-32-26(30)23-14-21(16-28(23)27(31)33-17-20-9-7-6-8-10-20)15-25(29)34-24-13-19(4)11-12-22(24)18(2)3/h6-10,18-19,21-24H,5,11-17H2,1-4H3/t19-,21?,22+,23+,24-/m0/s1. The highest BCUT2D eigenvalue weighted by atomic mass is 16.6. The fourth-order valence-electron chi connectivity index (χ4n) is 5.24. The number of rotatable bonds is 8. The van der Waals surface area contributed by atoms with Gasteiger partial charge in [0.1, 0.15) is 18.8 Å². The molecule has 2 fully saturated rings. The van der Waals surface area contributed by atoms with E-state index in [1.807, 2.05) is 30.3 Å². The third kappa shape index (κ3) is 6.97. The number of carbonyl (C=O) groups is 3. The number of likely N-dealkylation sites (tertiary alicyclic amines) is 1. The van der Waals surface area contributed by atoms with Crippen molar-refractivity contribution in [2.75, 3.05) is 13.2 Å². The molecule has 0 radical (unpaired) electrons. The number of hydrogen-bond acceptors (Lipinski definition) is 6. The van der Waals surface area contributed by atoms with Crippen molar-refractivity contribution in [3.05, 3.63) is 35.9 Å². The van der Waals surface area contributed by atoms with Gasteiger partial charge in [0, 0.05) is 6.54 Å². The van der Waals surface area contributed by atoms with Crippen LogP contribution in [-0.2, 0) is 30.4 Å². The highest BCUT2D eigenvalue weighted by Crippen LogP contribution is 2.36. The Morgan fingerprint density at radius 2 is 1.79 bits per heavy atom. The van der Waals surface area contributed by atoms with Crippen LogP contribution in [0.4, 0.5) is 4.79 Å². The summed E-state index contributed by atoms with van der Waals surface area (Å²) in [6.45, 7) is 8.91. The number of carbonyl (C=O) groups excluding carboxylic acids is 3. The average Bonchev–Trinajstić information content (AvgIpc) is 3.22. The van der Waals surface area contributed by atoms with Crippen molar-refractivity contribution in [2.45, 2.75) is 78.6 Å². The van der Waals surface area contributed by atoms with Crippen LogP contribution in [0.25, 0.3) is 0 Å². The Bertz CT molecular complexity index is 826. The zero-order valence-electron chi connectivity index (χ0n) is 20.9. The minimum atomic E-state index is -0.751. The van der Waals surface area contributed by atoms with Gasteiger partial charge in [-0.1, -0.05) is 57.5 Å². The summed E-state index contributed by atoms with van der Waals surface area (Å²) in [6.07, 6.45) is 3.04. The fourth-order valence-corrected chi connectivity index (χ4v) is 5.24. The SMILES string of the molecule is CCOC(=O)[C@H]1CC(CC(=O)O[C@H]2C[C@@H](C)CC[C@@H]2C(C)C)CN1C(=O)OCc1ccccc1. The van der Waals surface area contributed by atoms with Crippen molar-refractivity contribution in [1.29, 1.82) is 0 Å². The number of esters is 2. The summed E-state index contributed by atoms with van der Waals surface area (Å²) in [5.41, 5.74) is 0.865. The molecular weight excluding hydrogens is 434 g/mol. The lowest BCUT2D eigenvalue weighted by molar-refractivity contribution is -0.157. The molecule has 1 aliphatic heterocycles. The van der Waals surface area contributed by atoms with Gasteiger partial charge < -0.3 is 14.2 Å². The molecule has 1 saturated carbocycles. The molecule has 7 nitrogen and oxygen atoms in total. The summed E-state index contributed by atoms with van der Waals surface area (Å²) in [4.78, 5) is 39.6. The molecule has 0 bridgehead atoms. The molecule has 1 aliphatic carbocycles. The number of benzene rings is 1. The predicted octanol–water partition coefficient (Wildman–Crippen LogP) is 4.97. The van der Waals surface area contributed by atoms with Crippen molar-refractivity contribution in [2.24, 2.45) is 23.7 Å². The van der Waals surface area contributed by atoms with Crippen molar-refractivity contribution in [3.63, 3.8) is 0 Å². The Hall–Kier alpha value is -2.57. The molecule has 1 aromatic rings. The summed E-state index contributed by atoms with van der Waals surface area (Å²) in [5, 5.41) is 0. The maximum absolute atomic E-state index is 12.9. The lowest BCUT2D eigenvalue weighted by atomic mass is 9.75. The van der Waals surface area contributed by atoms with E-state index in [0.29, 0.717) is 24.2 Å². The van der Waals surface area contributed by atoms with E-state index < -0.39 is 18.1 Å². The van der Waals surface area contributed by atoms with Crippen LogP contribution in [0.1, 0.15) is 65.4 Å². The second kappa shape index (κ2) is 12.2. The Morgan fingerprint density at radius 3 is 2.47 bits per heavy atom. The van der Waals surface area contributed by atoms with Gasteiger partial charge in [-0.2, -0.15) is 0 Å². The Balaban J connectivity index is 1.60. The molecule has 188 valence electrons. The Labute approximate surface area is 203 Å². The van der Waals surface area contributed by atoms with Gasteiger partial charge in [0.2, 0.25) is 0 Å². The van der Waals surface area contributed by atoms with Gasteiger partial charge in [-0.05, 0) is 55.4 Å². The Morgan fingerprint density at radius 1 is 1.06 bits per heavy atom. The quantitative estimate of drug-likeness (QED) is 0.392. The van der Waals surface area contributed by atoms with Crippen molar-refractivity contribution in [1.82, 2.24) is 4.90 Å². The third-order valence-corrected chi connectivity index (χ3v) is 7.09. The van der Waals surface area contributed by atoms with Crippen molar-refractivity contribution < 1.29 is 28.6 Å². The molecule has 1 heterocycles. The Kier molecular flexibility index (Phi) is 9.36. The van der Waals surface area contributed by atoms with Crippen LogP contribution in [0.15, 0.2) is 30.3 Å². The minimum absolute atomic E-state index is 0.0644. The van der Waals surface area contributed by atoms with Crippen LogP contribution in [0.3, 0.4) is 0 Å². The van der Waals surface area contributed by atoms with Crippen LogP contribution in [-0.4, -0.2) is 48.2 Å². The van der Waals surface area contributed by atoms with E-state index in [1.165, 1.54) is 11.3 Å². The number of nitrogens with zero attached hydrogens (tertiary/aromatic N) is 1. The normalized spacial score (nSPS) is 26.9. The lowest BCUT2D eigenvalue weighted by Crippen LogP contribution is -2.41. The molecule has 1 aromatic carbocycles. The van der Waals surface area contributed by atoms with E-state index in [1.54, 1.807) is 6.92 Å². The second-order valence-corrected chi connectivity index (χ2v) is 10.1. The summed E-state index contributed by atoms with van der Waals surface area (Å²) in [5.74, 6) is 0.486. The molecule has 5 atom stereocenters. The third-order valence-electron chi connectivity index (χ3n) is 7.09. The van der Waals surface area contributed by atoms with Crippen LogP contribution in [0, 0.1) is 23.7 Å². The topological polar surface area (TPSA) is 82.1 Å². The molecule has 3 rings (SSSR count). The summed E-state index contributed by atoms with van der Waals surface area (Å²) >= 11 is 0. The average molecular weight is 474 g/mol. The van der Waals surface area contributed by atoms with Gasteiger partial charge in [0.05, 0.1) is 13.0 Å². The highest BCUT2D eigenvalue weighted by Gasteiger charge is 2.43. The highest BCUT2D eigenvalue weighted by molar-refractivity contribution is 5.82. The lowest BCUT2D eigenvalue weighted by Gasteiger charge is -2.36. The molecule has 1 saturated heterocycles. The van der Waals surface area contributed by atoms with E-state index in [2.05, 4.69) is 20.8 Å². The van der Waals surface area contributed by atoms with Gasteiger partial charge in [-0.3, -0.25) is 9.69 Å². The minimum Gasteiger partial charge on any atom is -0.464 e. The van der Waals surface area contributed by atoms with Gasteiger partial charge in [0.25, 0.3) is 0 Å². The maximum Gasteiger partial charge on any atom is 0.410 e. The monoisotopic (exact) mass is 473 g/mol. The molecular formula is C27H39NO6. The molecule has 7 heteroatoms. The van der Waals surface area contributed by atoms with Crippen LogP contribution in [0.2, 0.25) is 0 Å². The molecule has 1 amide bonds. The number of hydrogen-bond donors (Lipinski definition) is 0. The van der Waals surface area contributed by atoms with Crippen LogP contribution in [0.5, 0.6) is 0 Å². The first kappa shape index (κ1) is 26.0. The predicted molar refractivity (Wildman–Crippen MR) is 128 cm³/mol. The van der Waals surface area contributed by atoms with E-state index in [4.69, 9.17) is 14.2 Å². The first-order valence-electron chi connectivity index (χ1n) is 12.6. The molecule has 0 aromatic heterocycles. The first-order chi connectivity index (χ1) is 16.3. The van der Waals surface area contributed by atoms with Gasteiger partial charge in [-0.15, -0.1) is 0 Å². The van der Waals surface area contributed by atoms with Gasteiger partial charge in [-0.25, -0.2) is 9.59 Å². The molecule has 0 spiro atoms. The second-order valence-electron chi connectivity index (χ2n) is 10.1. The summed E-state index contributed by atoms with van der Waals surface area (Å²) in [6, 6.07) is 8.63. The zero-order chi connectivity index (χ0) is 24.7. The molecule has 2 aliphatic rings. The van der Waals surface area contributed by atoms with E-state index in [-0.39, 0.29) is 44.2 Å². The van der Waals surface area contributed by atoms with Crippen LogP contribution < -0.4 is 0 Å². The number of ether oxygens (including phenoxy) is 3. The van der Waals surface area contributed by atoms with Gasteiger partial charge >= 0.3 is 18.0 Å². The van der Waals surface area contributed by atoms with E-state index in [0.717, 1.165) is 18.4 Å². The number of amides is 1. The van der Waals surface area contributed by atoms with Crippen LogP contribution >= 0.6 is 0 Å². The van der Waals surface area contributed by atoms with E-state index >= 15 is 0 Å². The molecule has 1 unspecified atom stereocenters. The summed E-state index contributed by atoms with van der Waals surface area (Å²) < 4.78 is 16.6. The maximum atomic E-state index is 12.9. The first-order valence-corrected chi connectivity index (χ1v) is 12.6. The van der Waals surface area contributed by atoms with E-state index in [9.17, 15) is 14.4 Å². The van der Waals surface area contributed by atoms with Gasteiger partial charge in [0.15, 0.2) is 0 Å². The fraction of sp³-hybridized carbons (Fsp3) is 0.667. The summed E-state index contributed by atoms with van der Waals surface area (Å²) in [7, 11) is 0. The molecule has 34 heavy (non-hydrogen) atoms. The zero-order valence-corrected chi connectivity index (χ0v) is 20.9.